The number of hydrogen-bond donors (Lipinski definition) is 2. The quantitative estimate of drug-likeness (QED) is 0.659. The van der Waals surface area contributed by atoms with Crippen molar-refractivity contribution in [2.45, 2.75) is 12.8 Å². The number of methoxy groups -OCH3 is 1. The minimum Gasteiger partial charge on any atom is -0.467 e. The summed E-state index contributed by atoms with van der Waals surface area (Å²) in [5.74, 6) is 0.617. The fourth-order valence-corrected chi connectivity index (χ4v) is 1.30. The number of nitrogens with one attached hydrogen (secondary N) is 1. The number of anilines is 2. The highest BCUT2D eigenvalue weighted by atomic mass is 16.5. The van der Waals surface area contributed by atoms with E-state index in [4.69, 9.17) is 10.5 Å². The molecule has 0 radical (unpaired) electrons. The van der Waals surface area contributed by atoms with Gasteiger partial charge in [0.15, 0.2) is 0 Å². The first kappa shape index (κ1) is 13.4. The summed E-state index contributed by atoms with van der Waals surface area (Å²) in [7, 11) is 5.62. The van der Waals surface area contributed by atoms with Crippen LogP contribution in [0.4, 0.5) is 11.9 Å². The third kappa shape index (κ3) is 5.30. The highest BCUT2D eigenvalue weighted by molar-refractivity contribution is 5.32. The predicted molar refractivity (Wildman–Crippen MR) is 67.1 cm³/mol. The molecular weight excluding hydrogens is 220 g/mol. The van der Waals surface area contributed by atoms with Crippen LogP contribution in [-0.4, -0.2) is 54.1 Å². The highest BCUT2D eigenvalue weighted by Crippen LogP contribution is 2.08. The van der Waals surface area contributed by atoms with Gasteiger partial charge in [0.25, 0.3) is 0 Å². The van der Waals surface area contributed by atoms with E-state index in [-0.39, 0.29) is 12.0 Å². The Kier molecular flexibility index (Phi) is 5.41. The average Bonchev–Trinajstić information content (AvgIpc) is 2.27. The monoisotopic (exact) mass is 240 g/mol. The SMILES string of the molecule is COc1nc(N)nc(NCCCCN(C)C)n1. The van der Waals surface area contributed by atoms with Crippen molar-refractivity contribution in [3.63, 3.8) is 0 Å². The molecule has 1 aromatic rings. The predicted octanol–water partition coefficient (Wildman–Crippen LogP) is 0.216. The van der Waals surface area contributed by atoms with Crippen molar-refractivity contribution >= 4 is 11.9 Å². The molecule has 3 N–H and O–H groups in total. The third-order valence-electron chi connectivity index (χ3n) is 2.13. The van der Waals surface area contributed by atoms with E-state index in [0.29, 0.717) is 5.95 Å². The van der Waals surface area contributed by atoms with Crippen molar-refractivity contribution in [2.24, 2.45) is 0 Å². The summed E-state index contributed by atoms with van der Waals surface area (Å²) in [5, 5.41) is 3.09. The second kappa shape index (κ2) is 6.85. The summed E-state index contributed by atoms with van der Waals surface area (Å²) < 4.78 is 4.91. The van der Waals surface area contributed by atoms with Gasteiger partial charge in [-0.3, -0.25) is 0 Å². The summed E-state index contributed by atoms with van der Waals surface area (Å²) >= 11 is 0. The Balaban J connectivity index is 2.33. The first-order chi connectivity index (χ1) is 8.11. The molecule has 1 rings (SSSR count). The Morgan fingerprint density at radius 2 is 2.00 bits per heavy atom. The molecule has 1 aromatic heterocycles. The molecular formula is C10H20N6O. The number of nitrogen functional groups attached to an aromatic ring is 1. The fourth-order valence-electron chi connectivity index (χ4n) is 1.30. The van der Waals surface area contributed by atoms with Crippen LogP contribution in [0.1, 0.15) is 12.8 Å². The van der Waals surface area contributed by atoms with Crippen molar-refractivity contribution in [1.82, 2.24) is 19.9 Å². The second-order valence-corrected chi connectivity index (χ2v) is 3.94. The van der Waals surface area contributed by atoms with E-state index in [9.17, 15) is 0 Å². The van der Waals surface area contributed by atoms with Gasteiger partial charge >= 0.3 is 6.01 Å². The van der Waals surface area contributed by atoms with Gasteiger partial charge in [0.1, 0.15) is 0 Å². The molecule has 0 spiro atoms. The van der Waals surface area contributed by atoms with Gasteiger partial charge in [-0.1, -0.05) is 0 Å². The van der Waals surface area contributed by atoms with Crippen LogP contribution in [0, 0.1) is 0 Å². The number of aromatic nitrogens is 3. The summed E-state index contributed by atoms with van der Waals surface area (Å²) in [5.41, 5.74) is 5.52. The van der Waals surface area contributed by atoms with Gasteiger partial charge in [-0.05, 0) is 33.5 Å². The molecule has 0 saturated heterocycles. The largest absolute Gasteiger partial charge is 0.467 e. The van der Waals surface area contributed by atoms with Crippen LogP contribution in [0.3, 0.4) is 0 Å². The normalized spacial score (nSPS) is 10.6. The number of nitrogens with two attached hydrogens (primary N) is 1. The molecule has 0 aromatic carbocycles. The molecule has 0 fully saturated rings. The van der Waals surface area contributed by atoms with Gasteiger partial charge < -0.3 is 20.7 Å². The van der Waals surface area contributed by atoms with Crippen molar-refractivity contribution < 1.29 is 4.74 Å². The van der Waals surface area contributed by atoms with Gasteiger partial charge in [0, 0.05) is 6.54 Å². The molecule has 7 heteroatoms. The number of nitrogens with zero attached hydrogens (tertiary/aromatic N) is 4. The smallest absolute Gasteiger partial charge is 0.322 e. The number of hydrogen-bond acceptors (Lipinski definition) is 7. The van der Waals surface area contributed by atoms with Gasteiger partial charge in [-0.2, -0.15) is 15.0 Å². The topological polar surface area (TPSA) is 89.2 Å². The molecule has 0 bridgehead atoms. The van der Waals surface area contributed by atoms with Crippen LogP contribution in [0.15, 0.2) is 0 Å². The first-order valence-corrected chi connectivity index (χ1v) is 5.56. The molecule has 96 valence electrons. The van der Waals surface area contributed by atoms with Crippen LogP contribution >= 0.6 is 0 Å². The minimum atomic E-state index is 0.160. The molecule has 17 heavy (non-hydrogen) atoms. The lowest BCUT2D eigenvalue weighted by Crippen LogP contribution is -2.15. The second-order valence-electron chi connectivity index (χ2n) is 3.94. The zero-order valence-corrected chi connectivity index (χ0v) is 10.6. The standard InChI is InChI=1S/C10H20N6O/c1-16(2)7-5-4-6-12-9-13-8(11)14-10(15-9)17-3/h4-7H2,1-3H3,(H3,11,12,13,14,15). The van der Waals surface area contributed by atoms with E-state index in [0.717, 1.165) is 25.9 Å². The lowest BCUT2D eigenvalue weighted by molar-refractivity contribution is 0.379. The molecule has 0 aliphatic carbocycles. The molecule has 0 amide bonds. The van der Waals surface area contributed by atoms with Gasteiger partial charge in [-0.15, -0.1) is 0 Å². The van der Waals surface area contributed by atoms with E-state index in [1.54, 1.807) is 0 Å². The Morgan fingerprint density at radius 1 is 1.24 bits per heavy atom. The average molecular weight is 240 g/mol. The minimum absolute atomic E-state index is 0.160. The molecule has 0 aliphatic rings. The zero-order valence-electron chi connectivity index (χ0n) is 10.6. The fraction of sp³-hybridized carbons (Fsp3) is 0.700. The molecule has 0 atom stereocenters. The van der Waals surface area contributed by atoms with E-state index in [1.807, 2.05) is 0 Å². The van der Waals surface area contributed by atoms with Crippen molar-refractivity contribution in [3.05, 3.63) is 0 Å². The lowest BCUT2D eigenvalue weighted by atomic mass is 10.3. The summed E-state index contributed by atoms with van der Waals surface area (Å²) in [6.07, 6.45) is 2.17. The summed E-state index contributed by atoms with van der Waals surface area (Å²) in [6, 6.07) is 0.230. The third-order valence-corrected chi connectivity index (χ3v) is 2.13. The molecule has 0 aliphatic heterocycles. The van der Waals surface area contributed by atoms with Crippen LogP contribution in [0.2, 0.25) is 0 Å². The van der Waals surface area contributed by atoms with Crippen molar-refractivity contribution in [3.8, 4) is 6.01 Å². The Hall–Kier alpha value is -1.63. The maximum atomic E-state index is 5.52. The van der Waals surface area contributed by atoms with E-state index in [2.05, 4.69) is 39.3 Å². The first-order valence-electron chi connectivity index (χ1n) is 5.56. The van der Waals surface area contributed by atoms with Gasteiger partial charge in [0.05, 0.1) is 7.11 Å². The molecule has 7 nitrogen and oxygen atoms in total. The molecule has 0 saturated carbocycles. The Bertz CT molecular complexity index is 344. The van der Waals surface area contributed by atoms with E-state index in [1.165, 1.54) is 7.11 Å². The van der Waals surface area contributed by atoms with Crippen LogP contribution in [0.25, 0.3) is 0 Å². The van der Waals surface area contributed by atoms with Crippen molar-refractivity contribution in [1.29, 1.82) is 0 Å². The van der Waals surface area contributed by atoms with Crippen molar-refractivity contribution in [2.75, 3.05) is 45.3 Å². The Morgan fingerprint density at radius 3 is 2.65 bits per heavy atom. The lowest BCUT2D eigenvalue weighted by Gasteiger charge is -2.09. The van der Waals surface area contributed by atoms with Gasteiger partial charge in [-0.25, -0.2) is 0 Å². The van der Waals surface area contributed by atoms with Crippen LogP contribution in [0.5, 0.6) is 6.01 Å². The molecule has 0 unspecified atom stereocenters. The number of rotatable bonds is 7. The summed E-state index contributed by atoms with van der Waals surface area (Å²) in [4.78, 5) is 14.0. The van der Waals surface area contributed by atoms with E-state index < -0.39 is 0 Å². The van der Waals surface area contributed by atoms with Gasteiger partial charge in [0.2, 0.25) is 11.9 Å². The number of ether oxygens (including phenoxy) is 1. The molecule has 1 heterocycles. The van der Waals surface area contributed by atoms with Crippen LogP contribution in [-0.2, 0) is 0 Å². The summed E-state index contributed by atoms with van der Waals surface area (Å²) in [6.45, 7) is 1.88. The maximum absolute atomic E-state index is 5.52. The number of unbranched alkanes of at least 4 members (excludes halogenated alkanes) is 1. The van der Waals surface area contributed by atoms with Crippen LogP contribution < -0.4 is 15.8 Å². The zero-order chi connectivity index (χ0) is 12.7. The van der Waals surface area contributed by atoms with E-state index >= 15 is 0 Å². The maximum Gasteiger partial charge on any atom is 0.322 e. The Labute approximate surface area is 101 Å². The highest BCUT2D eigenvalue weighted by Gasteiger charge is 2.03.